The third-order valence-corrected chi connectivity index (χ3v) is 3.68. The normalized spacial score (nSPS) is 16.5. The standard InChI is InChI=1S/C17H26N2/c1-3-12-19(13-4-2)17(14-18-16-10-11-16)15-8-6-5-7-9-15/h3,5-9,16-18H,1,4,10-14H2,2H3. The van der Waals surface area contributed by atoms with E-state index in [-0.39, 0.29) is 0 Å². The molecular formula is C17H26N2. The van der Waals surface area contributed by atoms with Crippen molar-refractivity contribution in [2.45, 2.75) is 38.3 Å². The summed E-state index contributed by atoms with van der Waals surface area (Å²) in [6.45, 7) is 9.27. The molecule has 0 aliphatic heterocycles. The van der Waals surface area contributed by atoms with Crippen molar-refractivity contribution in [3.8, 4) is 0 Å². The maximum atomic E-state index is 3.90. The fourth-order valence-electron chi connectivity index (χ4n) is 2.53. The van der Waals surface area contributed by atoms with Gasteiger partial charge in [-0.15, -0.1) is 6.58 Å². The van der Waals surface area contributed by atoms with Crippen molar-refractivity contribution in [2.24, 2.45) is 0 Å². The van der Waals surface area contributed by atoms with E-state index in [1.54, 1.807) is 0 Å². The molecule has 0 aromatic heterocycles. The van der Waals surface area contributed by atoms with Crippen LogP contribution in [0.2, 0.25) is 0 Å². The van der Waals surface area contributed by atoms with Crippen molar-refractivity contribution >= 4 is 0 Å². The maximum absolute atomic E-state index is 3.90. The molecule has 1 fully saturated rings. The zero-order valence-electron chi connectivity index (χ0n) is 12.0. The smallest absolute Gasteiger partial charge is 0.0476 e. The summed E-state index contributed by atoms with van der Waals surface area (Å²) < 4.78 is 0. The molecule has 104 valence electrons. The molecule has 1 aliphatic rings. The number of nitrogens with one attached hydrogen (secondary N) is 1. The highest BCUT2D eigenvalue weighted by Gasteiger charge is 2.24. The van der Waals surface area contributed by atoms with Gasteiger partial charge in [-0.05, 0) is 31.4 Å². The van der Waals surface area contributed by atoms with Crippen LogP contribution in [0.4, 0.5) is 0 Å². The molecule has 2 rings (SSSR count). The molecule has 0 heterocycles. The van der Waals surface area contributed by atoms with Gasteiger partial charge in [-0.1, -0.05) is 43.3 Å². The van der Waals surface area contributed by atoms with Gasteiger partial charge in [-0.25, -0.2) is 0 Å². The van der Waals surface area contributed by atoms with Gasteiger partial charge in [0.25, 0.3) is 0 Å². The van der Waals surface area contributed by atoms with E-state index in [2.05, 4.69) is 54.1 Å². The van der Waals surface area contributed by atoms with E-state index < -0.39 is 0 Å². The molecule has 1 saturated carbocycles. The number of hydrogen-bond donors (Lipinski definition) is 1. The Morgan fingerprint density at radius 1 is 1.37 bits per heavy atom. The minimum Gasteiger partial charge on any atom is -0.312 e. The van der Waals surface area contributed by atoms with Crippen LogP contribution in [0, 0.1) is 0 Å². The van der Waals surface area contributed by atoms with Crippen LogP contribution in [0.25, 0.3) is 0 Å². The molecule has 2 heteroatoms. The SMILES string of the molecule is C=CCN(CCC)C(CNC1CC1)c1ccccc1. The quantitative estimate of drug-likeness (QED) is 0.683. The van der Waals surface area contributed by atoms with E-state index in [0.29, 0.717) is 6.04 Å². The van der Waals surface area contributed by atoms with Gasteiger partial charge in [-0.3, -0.25) is 4.90 Å². The van der Waals surface area contributed by atoms with E-state index in [0.717, 1.165) is 25.7 Å². The Morgan fingerprint density at radius 2 is 2.11 bits per heavy atom. The summed E-state index contributed by atoms with van der Waals surface area (Å²) >= 11 is 0. The Balaban J connectivity index is 2.07. The van der Waals surface area contributed by atoms with Crippen LogP contribution in [-0.4, -0.2) is 30.6 Å². The number of rotatable bonds is 9. The summed E-state index contributed by atoms with van der Waals surface area (Å²) in [4.78, 5) is 2.53. The van der Waals surface area contributed by atoms with Crippen LogP contribution in [0.3, 0.4) is 0 Å². The van der Waals surface area contributed by atoms with Crippen molar-refractivity contribution < 1.29 is 0 Å². The van der Waals surface area contributed by atoms with Crippen molar-refractivity contribution in [1.29, 1.82) is 0 Å². The van der Waals surface area contributed by atoms with E-state index in [4.69, 9.17) is 0 Å². The van der Waals surface area contributed by atoms with Crippen molar-refractivity contribution in [3.63, 3.8) is 0 Å². The van der Waals surface area contributed by atoms with E-state index in [1.165, 1.54) is 24.8 Å². The van der Waals surface area contributed by atoms with Crippen LogP contribution in [0.15, 0.2) is 43.0 Å². The predicted molar refractivity (Wildman–Crippen MR) is 82.3 cm³/mol. The Morgan fingerprint density at radius 3 is 2.68 bits per heavy atom. The molecule has 19 heavy (non-hydrogen) atoms. The highest BCUT2D eigenvalue weighted by molar-refractivity contribution is 5.20. The predicted octanol–water partition coefficient (Wildman–Crippen LogP) is 3.38. The molecule has 1 atom stereocenters. The summed E-state index contributed by atoms with van der Waals surface area (Å²) in [5.41, 5.74) is 1.41. The fraction of sp³-hybridized carbons (Fsp3) is 0.529. The largest absolute Gasteiger partial charge is 0.312 e. The van der Waals surface area contributed by atoms with Crippen molar-refractivity contribution in [1.82, 2.24) is 10.2 Å². The molecule has 0 spiro atoms. The van der Waals surface area contributed by atoms with E-state index >= 15 is 0 Å². The number of nitrogens with zero attached hydrogens (tertiary/aromatic N) is 1. The van der Waals surface area contributed by atoms with Gasteiger partial charge in [0.2, 0.25) is 0 Å². The average molecular weight is 258 g/mol. The summed E-state index contributed by atoms with van der Waals surface area (Å²) in [5, 5.41) is 3.68. The molecule has 1 unspecified atom stereocenters. The summed E-state index contributed by atoms with van der Waals surface area (Å²) in [6, 6.07) is 12.1. The lowest BCUT2D eigenvalue weighted by atomic mass is 10.0. The van der Waals surface area contributed by atoms with E-state index in [9.17, 15) is 0 Å². The lowest BCUT2D eigenvalue weighted by Crippen LogP contribution is -2.37. The Bertz CT molecular complexity index is 370. The second-order valence-corrected chi connectivity index (χ2v) is 5.39. The third kappa shape index (κ3) is 4.48. The zero-order chi connectivity index (χ0) is 13.5. The second-order valence-electron chi connectivity index (χ2n) is 5.39. The molecular weight excluding hydrogens is 232 g/mol. The molecule has 0 radical (unpaired) electrons. The average Bonchev–Trinajstić information content (AvgIpc) is 3.25. The van der Waals surface area contributed by atoms with Crippen LogP contribution in [0.5, 0.6) is 0 Å². The van der Waals surface area contributed by atoms with Gasteiger partial charge in [0.15, 0.2) is 0 Å². The summed E-state index contributed by atoms with van der Waals surface area (Å²) in [6.07, 6.45) is 5.89. The monoisotopic (exact) mass is 258 g/mol. The number of benzene rings is 1. The first-order valence-corrected chi connectivity index (χ1v) is 7.48. The maximum Gasteiger partial charge on any atom is 0.0476 e. The Hall–Kier alpha value is -1.12. The molecule has 0 amide bonds. The highest BCUT2D eigenvalue weighted by atomic mass is 15.2. The van der Waals surface area contributed by atoms with Gasteiger partial charge >= 0.3 is 0 Å². The van der Waals surface area contributed by atoms with Gasteiger partial charge in [0.1, 0.15) is 0 Å². The Labute approximate surface area is 117 Å². The molecule has 0 bridgehead atoms. The fourth-order valence-corrected chi connectivity index (χ4v) is 2.53. The molecule has 1 aromatic carbocycles. The summed E-state index contributed by atoms with van der Waals surface area (Å²) in [5.74, 6) is 0. The van der Waals surface area contributed by atoms with E-state index in [1.807, 2.05) is 6.08 Å². The minimum absolute atomic E-state index is 0.458. The van der Waals surface area contributed by atoms with Gasteiger partial charge < -0.3 is 5.32 Å². The molecule has 2 nitrogen and oxygen atoms in total. The Kier molecular flexibility index (Phi) is 5.62. The first-order chi connectivity index (χ1) is 9.35. The minimum atomic E-state index is 0.458. The molecule has 0 saturated heterocycles. The van der Waals surface area contributed by atoms with Crippen LogP contribution >= 0.6 is 0 Å². The topological polar surface area (TPSA) is 15.3 Å². The van der Waals surface area contributed by atoms with Gasteiger partial charge in [0.05, 0.1) is 0 Å². The highest BCUT2D eigenvalue weighted by Crippen LogP contribution is 2.24. The second kappa shape index (κ2) is 7.46. The van der Waals surface area contributed by atoms with Crippen LogP contribution in [0.1, 0.15) is 37.8 Å². The lowest BCUT2D eigenvalue weighted by molar-refractivity contribution is 0.213. The number of hydrogen-bond acceptors (Lipinski definition) is 2. The molecule has 1 aliphatic carbocycles. The van der Waals surface area contributed by atoms with Crippen LogP contribution < -0.4 is 5.32 Å². The first kappa shape index (κ1) is 14.3. The van der Waals surface area contributed by atoms with Crippen LogP contribution in [-0.2, 0) is 0 Å². The summed E-state index contributed by atoms with van der Waals surface area (Å²) in [7, 11) is 0. The molecule has 1 N–H and O–H groups in total. The molecule has 1 aromatic rings. The van der Waals surface area contributed by atoms with Gasteiger partial charge in [0, 0.05) is 25.2 Å². The first-order valence-electron chi connectivity index (χ1n) is 7.48. The third-order valence-electron chi connectivity index (χ3n) is 3.68. The van der Waals surface area contributed by atoms with Crippen molar-refractivity contribution in [2.75, 3.05) is 19.6 Å². The van der Waals surface area contributed by atoms with Gasteiger partial charge in [-0.2, -0.15) is 0 Å². The lowest BCUT2D eigenvalue weighted by Gasteiger charge is -2.31. The van der Waals surface area contributed by atoms with Crippen molar-refractivity contribution in [3.05, 3.63) is 48.6 Å². The zero-order valence-corrected chi connectivity index (χ0v) is 12.0.